The summed E-state index contributed by atoms with van der Waals surface area (Å²) in [4.78, 5) is 0. The number of aliphatic hydroxyl groups excluding tert-OH is 1. The summed E-state index contributed by atoms with van der Waals surface area (Å²) in [5, 5.41) is 9.93. The smallest absolute Gasteiger partial charge is 0.103 e. The van der Waals surface area contributed by atoms with E-state index in [0.29, 0.717) is 0 Å². The predicted molar refractivity (Wildman–Crippen MR) is 86.7 cm³/mol. The normalized spacial score (nSPS) is 17.4. The van der Waals surface area contributed by atoms with E-state index in [1.807, 2.05) is 10.9 Å². The summed E-state index contributed by atoms with van der Waals surface area (Å²) < 4.78 is 13.5. The minimum absolute atomic E-state index is 0.0981. The molecule has 0 aliphatic heterocycles. The molecule has 0 saturated heterocycles. The van der Waals surface area contributed by atoms with E-state index in [1.165, 1.54) is 6.42 Å². The van der Waals surface area contributed by atoms with E-state index < -0.39 is 6.10 Å². The van der Waals surface area contributed by atoms with Crippen LogP contribution in [0.25, 0.3) is 0 Å². The minimum Gasteiger partial charge on any atom is -0.386 e. The van der Waals surface area contributed by atoms with Crippen molar-refractivity contribution in [2.75, 3.05) is 13.2 Å². The Labute approximate surface area is 122 Å². The fourth-order valence-corrected chi connectivity index (χ4v) is 3.27. The molecule has 0 heterocycles. The van der Waals surface area contributed by atoms with Gasteiger partial charge in [0.15, 0.2) is 0 Å². The van der Waals surface area contributed by atoms with Crippen molar-refractivity contribution in [2.45, 2.75) is 69.7 Å². The van der Waals surface area contributed by atoms with Gasteiger partial charge in [-0.2, -0.15) is 0 Å². The molecule has 3 nitrogen and oxygen atoms in total. The Balaban J connectivity index is 3.78. The summed E-state index contributed by atoms with van der Waals surface area (Å²) in [6, 6.07) is 0. The average Bonchev–Trinajstić information content (AvgIpc) is 2.36. The first-order chi connectivity index (χ1) is 8.61. The van der Waals surface area contributed by atoms with Crippen LogP contribution in [0, 0.1) is 0 Å². The second-order valence-corrected chi connectivity index (χ2v) is 7.63. The number of halogens is 1. The van der Waals surface area contributed by atoms with Crippen molar-refractivity contribution in [3.05, 3.63) is 0 Å². The summed E-state index contributed by atoms with van der Waals surface area (Å²) >= 11 is -0.226. The van der Waals surface area contributed by atoms with Crippen LogP contribution >= 0.6 is 20.7 Å². The first-order valence-electron chi connectivity index (χ1n) is 6.98. The highest BCUT2D eigenvalue weighted by molar-refractivity contribution is 14.2. The molecule has 0 radical (unpaired) electrons. The Morgan fingerprint density at radius 3 is 2.17 bits per heavy atom. The molecule has 0 aromatic rings. The lowest BCUT2D eigenvalue weighted by Gasteiger charge is -2.16. The van der Waals surface area contributed by atoms with Crippen LogP contribution in [0.3, 0.4) is 0 Å². The summed E-state index contributed by atoms with van der Waals surface area (Å²) in [5.74, 6) is 0. The Morgan fingerprint density at radius 2 is 1.61 bits per heavy atom. The number of unbranched alkanes of at least 4 members (excludes halogenated alkanes) is 2. The third-order valence-electron chi connectivity index (χ3n) is 2.58. The molecule has 0 spiro atoms. The summed E-state index contributed by atoms with van der Waals surface area (Å²) in [6.45, 7) is 9.90. The van der Waals surface area contributed by atoms with Crippen LogP contribution < -0.4 is 0 Å². The van der Waals surface area contributed by atoms with Gasteiger partial charge >= 0.3 is 0 Å². The van der Waals surface area contributed by atoms with Crippen LogP contribution in [0.2, 0.25) is 0 Å². The van der Waals surface area contributed by atoms with Gasteiger partial charge < -0.3 is 14.6 Å². The molecule has 0 fully saturated rings. The maximum atomic E-state index is 9.93. The Kier molecular flexibility index (Phi) is 12.8. The molecule has 0 saturated carbocycles. The third kappa shape index (κ3) is 10.4. The standard InChI is InChI=1S/C14H29IO3/c1-5-7-9-17-12(3)14(16)11-15-13(4)18-10-8-6-2/h11-14,16H,5-10H2,1-4H3/t12-,13?,14?/m0/s1. The number of ether oxygens (including phenoxy) is 2. The van der Waals surface area contributed by atoms with Crippen molar-refractivity contribution >= 4 is 24.7 Å². The van der Waals surface area contributed by atoms with Crippen molar-refractivity contribution in [1.29, 1.82) is 0 Å². The summed E-state index contributed by atoms with van der Waals surface area (Å²) in [6.07, 6.45) is 3.92. The molecule has 0 rings (SSSR count). The molecule has 0 aromatic carbocycles. The number of rotatable bonds is 11. The molecule has 2 unspecified atom stereocenters. The van der Waals surface area contributed by atoms with Crippen molar-refractivity contribution in [1.82, 2.24) is 0 Å². The van der Waals surface area contributed by atoms with Crippen molar-refractivity contribution < 1.29 is 14.6 Å². The molecule has 0 aromatic heterocycles. The molecule has 0 aliphatic carbocycles. The Morgan fingerprint density at radius 1 is 1.06 bits per heavy atom. The van der Waals surface area contributed by atoms with Gasteiger partial charge in [0.1, 0.15) is 10.2 Å². The van der Waals surface area contributed by atoms with Gasteiger partial charge in [-0.1, -0.05) is 47.4 Å². The van der Waals surface area contributed by atoms with Crippen LogP contribution in [0.5, 0.6) is 0 Å². The van der Waals surface area contributed by atoms with Gasteiger partial charge in [0.05, 0.1) is 6.10 Å². The highest BCUT2D eigenvalue weighted by Crippen LogP contribution is 2.12. The first kappa shape index (κ1) is 18.5. The molecule has 4 heteroatoms. The molecular formula is C14H29IO3. The van der Waals surface area contributed by atoms with Crippen molar-refractivity contribution in [2.24, 2.45) is 0 Å². The lowest BCUT2D eigenvalue weighted by molar-refractivity contribution is 0.00339. The molecule has 3 atom stereocenters. The van der Waals surface area contributed by atoms with E-state index >= 15 is 0 Å². The van der Waals surface area contributed by atoms with Crippen LogP contribution in [0.15, 0.2) is 0 Å². The van der Waals surface area contributed by atoms with Gasteiger partial charge in [0.25, 0.3) is 0 Å². The van der Waals surface area contributed by atoms with E-state index in [0.717, 1.165) is 32.5 Å². The first-order valence-corrected chi connectivity index (χ1v) is 9.47. The fraction of sp³-hybridized carbons (Fsp3) is 0.929. The van der Waals surface area contributed by atoms with Gasteiger partial charge in [-0.25, -0.2) is 0 Å². The van der Waals surface area contributed by atoms with Gasteiger partial charge in [-0.05, 0) is 30.7 Å². The number of alkyl halides is 1. The third-order valence-corrected chi connectivity index (χ3v) is 5.11. The lowest BCUT2D eigenvalue weighted by Crippen LogP contribution is -2.27. The monoisotopic (exact) mass is 372 g/mol. The van der Waals surface area contributed by atoms with Crippen LogP contribution in [-0.4, -0.2) is 38.7 Å². The number of aliphatic hydroxyl groups is 1. The lowest BCUT2D eigenvalue weighted by atomic mass is 10.2. The van der Waals surface area contributed by atoms with Gasteiger partial charge in [0.2, 0.25) is 0 Å². The molecule has 0 bridgehead atoms. The summed E-state index contributed by atoms with van der Waals surface area (Å²) in [7, 11) is 0. The van der Waals surface area contributed by atoms with E-state index in [2.05, 4.69) is 20.8 Å². The maximum Gasteiger partial charge on any atom is 0.103 e. The Bertz CT molecular complexity index is 209. The average molecular weight is 372 g/mol. The molecule has 18 heavy (non-hydrogen) atoms. The highest BCUT2D eigenvalue weighted by atomic mass is 127. The molecule has 110 valence electrons. The van der Waals surface area contributed by atoms with E-state index in [4.69, 9.17) is 9.47 Å². The molecule has 0 aliphatic rings. The predicted octanol–water partition coefficient (Wildman–Crippen LogP) is 3.49. The molecule has 1 N–H and O–H groups in total. The second kappa shape index (κ2) is 12.5. The zero-order valence-corrected chi connectivity index (χ0v) is 14.4. The molecule has 0 amide bonds. The quantitative estimate of drug-likeness (QED) is 0.343. The highest BCUT2D eigenvalue weighted by Gasteiger charge is 2.11. The van der Waals surface area contributed by atoms with E-state index in [9.17, 15) is 5.11 Å². The van der Waals surface area contributed by atoms with Crippen LogP contribution in [0.4, 0.5) is 0 Å². The topological polar surface area (TPSA) is 38.7 Å². The minimum atomic E-state index is -0.452. The largest absolute Gasteiger partial charge is 0.386 e. The van der Waals surface area contributed by atoms with Crippen molar-refractivity contribution in [3.63, 3.8) is 0 Å². The number of hydrogen-bond donors (Lipinski definition) is 1. The second-order valence-electron chi connectivity index (χ2n) is 4.44. The maximum absolute atomic E-state index is 9.93. The van der Waals surface area contributed by atoms with Crippen molar-refractivity contribution in [3.8, 4) is 0 Å². The van der Waals surface area contributed by atoms with Gasteiger partial charge in [-0.15, -0.1) is 0 Å². The zero-order chi connectivity index (χ0) is 13.8. The number of hydrogen-bond acceptors (Lipinski definition) is 3. The Hall–Kier alpha value is 0.480. The van der Waals surface area contributed by atoms with E-state index in [1.54, 1.807) is 0 Å². The SMILES string of the molecule is CCCCOC(C)I=CC(O)[C@H](C)OCCCC. The molecular weight excluding hydrogens is 343 g/mol. The van der Waals surface area contributed by atoms with Gasteiger partial charge in [0, 0.05) is 13.2 Å². The fourth-order valence-electron chi connectivity index (χ4n) is 1.22. The van der Waals surface area contributed by atoms with Crippen LogP contribution in [0.1, 0.15) is 53.4 Å². The zero-order valence-electron chi connectivity index (χ0n) is 12.2. The van der Waals surface area contributed by atoms with E-state index in [-0.39, 0.29) is 30.9 Å². The van der Waals surface area contributed by atoms with Gasteiger partial charge in [-0.3, -0.25) is 0 Å². The van der Waals surface area contributed by atoms with Crippen LogP contribution in [-0.2, 0) is 9.47 Å². The summed E-state index contributed by atoms with van der Waals surface area (Å²) in [5.41, 5.74) is 0.